The van der Waals surface area contributed by atoms with Gasteiger partial charge in [-0.1, -0.05) is 37.5 Å². The van der Waals surface area contributed by atoms with Gasteiger partial charge < -0.3 is 24.3 Å². The first kappa shape index (κ1) is 40.6. The highest BCUT2D eigenvalue weighted by Gasteiger charge is 2.45. The van der Waals surface area contributed by atoms with E-state index in [1.165, 1.54) is 37.5 Å². The number of rotatable bonds is 9. The number of alkyl halides is 4. The predicted molar refractivity (Wildman–Crippen MR) is 205 cm³/mol. The molecule has 2 unspecified atom stereocenters. The average molecular weight is 780 g/mol. The first-order valence-corrected chi connectivity index (χ1v) is 19.2. The van der Waals surface area contributed by atoms with Gasteiger partial charge in [-0.25, -0.2) is 27.5 Å². The van der Waals surface area contributed by atoms with Crippen LogP contribution in [0.25, 0.3) is 5.65 Å². The highest BCUT2D eigenvalue weighted by Crippen LogP contribution is 2.35. The minimum Gasteiger partial charge on any atom is -0.490 e. The zero-order chi connectivity index (χ0) is 40.1. The Kier molecular flexibility index (Phi) is 12.6. The lowest BCUT2D eigenvalue weighted by Crippen LogP contribution is -2.56. The number of aromatic nitrogens is 3. The first-order chi connectivity index (χ1) is 26.7. The van der Waals surface area contributed by atoms with Crippen molar-refractivity contribution in [1.82, 2.24) is 24.6 Å². The summed E-state index contributed by atoms with van der Waals surface area (Å²) in [5, 5.41) is 4.94. The molecule has 4 aromatic rings. The summed E-state index contributed by atoms with van der Waals surface area (Å²) in [5.41, 5.74) is 3.18. The lowest BCUT2D eigenvalue weighted by molar-refractivity contribution is -0.134. The quantitative estimate of drug-likeness (QED) is 0.131. The molecule has 1 saturated carbocycles. The number of halogens is 4. The molecule has 2 atom stereocenters. The predicted octanol–water partition coefficient (Wildman–Crippen LogP) is 7.74. The highest BCUT2D eigenvalue weighted by atomic mass is 19.3. The van der Waals surface area contributed by atoms with Crippen molar-refractivity contribution in [2.75, 3.05) is 37.4 Å². The molecule has 0 bridgehead atoms. The maximum absolute atomic E-state index is 14.3. The third-order valence-electron chi connectivity index (χ3n) is 10.5. The van der Waals surface area contributed by atoms with E-state index in [9.17, 15) is 31.9 Å². The molecule has 2 N–H and O–H groups in total. The maximum atomic E-state index is 14.3. The maximum Gasteiger partial charge on any atom is 0.280 e. The molecule has 56 heavy (non-hydrogen) atoms. The molecule has 5 heterocycles. The average Bonchev–Trinajstić information content (AvgIpc) is 3.58. The fourth-order valence-corrected chi connectivity index (χ4v) is 7.69. The monoisotopic (exact) mass is 779 g/mol. The van der Waals surface area contributed by atoms with Gasteiger partial charge in [-0.05, 0) is 83.5 Å². The molecule has 3 fully saturated rings. The normalized spacial score (nSPS) is 20.2. The number of hydrogen-bond acceptors (Lipinski definition) is 8. The fraction of sp³-hybridized carbons (Fsp3) is 0.488. The molecule has 2 aliphatic heterocycles. The number of anilines is 2. The Balaban J connectivity index is 0.000000194. The molecule has 15 heteroatoms. The number of ether oxygens (including phenoxy) is 1. The van der Waals surface area contributed by atoms with Crippen LogP contribution in [0, 0.1) is 0 Å². The summed E-state index contributed by atoms with van der Waals surface area (Å²) in [6, 6.07) is 12.3. The van der Waals surface area contributed by atoms with Crippen LogP contribution in [0.4, 0.5) is 29.1 Å². The van der Waals surface area contributed by atoms with Crippen molar-refractivity contribution in [2.24, 2.45) is 0 Å². The Morgan fingerprint density at radius 2 is 1.71 bits per heavy atom. The van der Waals surface area contributed by atoms with Gasteiger partial charge in [0.2, 0.25) is 11.8 Å². The van der Waals surface area contributed by atoms with Crippen LogP contribution in [0.5, 0.6) is 5.75 Å². The molecule has 2 saturated heterocycles. The van der Waals surface area contributed by atoms with Crippen LogP contribution in [0.1, 0.15) is 111 Å². The van der Waals surface area contributed by atoms with Crippen LogP contribution in [0.2, 0.25) is 0 Å². The number of carbonyl (C=O) groups is 3. The van der Waals surface area contributed by atoms with Crippen molar-refractivity contribution in [3.05, 3.63) is 83.4 Å². The van der Waals surface area contributed by atoms with Gasteiger partial charge in [-0.3, -0.25) is 19.7 Å². The largest absolute Gasteiger partial charge is 0.490 e. The van der Waals surface area contributed by atoms with Crippen molar-refractivity contribution in [2.45, 2.75) is 102 Å². The van der Waals surface area contributed by atoms with Crippen LogP contribution < -0.4 is 20.3 Å². The number of benzene rings is 1. The number of nitrogens with zero attached hydrogens (tertiary/aromatic N) is 5. The second-order valence-corrected chi connectivity index (χ2v) is 15.2. The molecule has 300 valence electrons. The SMILES string of the molecule is CC(C)Oc1cc2nc(C3CCCCC3)cn2cc1C(=O)Nc1cccc(C(F)F)n1.CN(C)C1CCN(c2ccc(C3CCC(=O)NC3=O)cc2)CC1(F)F. The molecule has 0 radical (unpaired) electrons. The molecule has 11 nitrogen and oxygen atoms in total. The smallest absolute Gasteiger partial charge is 0.280 e. The Morgan fingerprint density at radius 1 is 0.982 bits per heavy atom. The van der Waals surface area contributed by atoms with Crippen LogP contribution in [0.3, 0.4) is 0 Å². The minimum absolute atomic E-state index is 0.0620. The van der Waals surface area contributed by atoms with Gasteiger partial charge >= 0.3 is 0 Å². The second-order valence-electron chi connectivity index (χ2n) is 15.2. The molecule has 0 spiro atoms. The number of pyridine rings is 2. The van der Waals surface area contributed by atoms with E-state index >= 15 is 0 Å². The van der Waals surface area contributed by atoms with Crippen molar-refractivity contribution in [1.29, 1.82) is 0 Å². The number of imide groups is 1. The summed E-state index contributed by atoms with van der Waals surface area (Å²) in [5.74, 6) is -3.26. The molecule has 1 aliphatic carbocycles. The molecule has 7 rings (SSSR count). The zero-order valence-corrected chi connectivity index (χ0v) is 32.1. The molecule has 3 aromatic heterocycles. The third kappa shape index (κ3) is 9.66. The van der Waals surface area contributed by atoms with Crippen molar-refractivity contribution >= 4 is 34.9 Å². The minimum atomic E-state index is -2.77. The van der Waals surface area contributed by atoms with Crippen molar-refractivity contribution < 1.29 is 36.7 Å². The van der Waals surface area contributed by atoms with E-state index in [2.05, 4.69) is 15.6 Å². The van der Waals surface area contributed by atoms with Gasteiger partial charge in [0.1, 0.15) is 22.9 Å². The topological polar surface area (TPSA) is 121 Å². The number of carbonyl (C=O) groups excluding carboxylic acids is 3. The first-order valence-electron chi connectivity index (χ1n) is 19.2. The van der Waals surface area contributed by atoms with Gasteiger partial charge in [0, 0.05) is 43.0 Å². The number of nitrogens with one attached hydrogen (secondary N) is 2. The van der Waals surface area contributed by atoms with Gasteiger partial charge in [-0.15, -0.1) is 0 Å². The molecular weight excluding hydrogens is 730 g/mol. The lowest BCUT2D eigenvalue weighted by Gasteiger charge is -2.42. The van der Waals surface area contributed by atoms with Crippen LogP contribution >= 0.6 is 0 Å². The summed E-state index contributed by atoms with van der Waals surface area (Å²) in [7, 11) is 3.37. The van der Waals surface area contributed by atoms with Crippen LogP contribution in [0.15, 0.2) is 60.9 Å². The molecule has 1 aromatic carbocycles. The number of imidazole rings is 1. The van der Waals surface area contributed by atoms with E-state index in [1.54, 1.807) is 60.4 Å². The summed E-state index contributed by atoms with van der Waals surface area (Å²) < 4.78 is 62.3. The summed E-state index contributed by atoms with van der Waals surface area (Å²) in [6.07, 6.45) is 7.92. The number of piperidine rings is 2. The number of amides is 3. The number of fused-ring (bicyclic) bond motifs is 1. The Hall–Kier alpha value is -5.05. The third-order valence-corrected chi connectivity index (χ3v) is 10.5. The van der Waals surface area contributed by atoms with Gasteiger partial charge in [0.05, 0.1) is 35.9 Å². The Bertz CT molecular complexity index is 2010. The second kappa shape index (κ2) is 17.4. The van der Waals surface area contributed by atoms with E-state index in [1.807, 2.05) is 24.4 Å². The van der Waals surface area contributed by atoms with Gasteiger partial charge in [-0.2, -0.15) is 0 Å². The standard InChI is InChI=1S/C23H26F2N4O2.C18H23F2N3O2/c1-14(2)31-19-11-21-27-18(15-7-4-3-5-8-15)13-29(21)12-16(19)23(30)28-20-10-6-9-17(26-20)22(24)25;1-22(2)15-9-10-23(11-18(15,19)20)13-5-3-12(4-6-13)14-7-8-16(24)21-17(14)25/h6,9-15,22H,3-5,7-8H2,1-2H3,(H,26,28,30);3-6,14-15H,7-11H2,1-2H3,(H,21,24,25). The highest BCUT2D eigenvalue weighted by molar-refractivity contribution is 6.06. The van der Waals surface area contributed by atoms with Crippen molar-refractivity contribution in [3.63, 3.8) is 0 Å². The summed E-state index contributed by atoms with van der Waals surface area (Å²) in [4.78, 5) is 48.0. The van der Waals surface area contributed by atoms with E-state index in [4.69, 9.17) is 9.72 Å². The summed E-state index contributed by atoms with van der Waals surface area (Å²) in [6.45, 7) is 4.00. The van der Waals surface area contributed by atoms with E-state index in [0.717, 1.165) is 29.8 Å². The van der Waals surface area contributed by atoms with Crippen LogP contribution in [-0.2, 0) is 9.59 Å². The Morgan fingerprint density at radius 3 is 2.36 bits per heavy atom. The van der Waals surface area contributed by atoms with Crippen molar-refractivity contribution in [3.8, 4) is 5.75 Å². The van der Waals surface area contributed by atoms with E-state index < -0.39 is 30.0 Å². The van der Waals surface area contributed by atoms with Crippen LogP contribution in [-0.4, -0.2) is 82.2 Å². The van der Waals surface area contributed by atoms with E-state index in [-0.39, 0.29) is 41.8 Å². The fourth-order valence-electron chi connectivity index (χ4n) is 7.69. The summed E-state index contributed by atoms with van der Waals surface area (Å²) >= 11 is 0. The Labute approximate surface area is 323 Å². The molecule has 3 aliphatic rings. The number of hydrogen-bond donors (Lipinski definition) is 2. The van der Waals surface area contributed by atoms with Gasteiger partial charge in [0.15, 0.2) is 0 Å². The molecular formula is C41H49F4N7O4. The zero-order valence-electron chi connectivity index (χ0n) is 32.1. The lowest BCUT2D eigenvalue weighted by atomic mass is 9.87. The van der Waals surface area contributed by atoms with E-state index in [0.29, 0.717) is 43.1 Å². The van der Waals surface area contributed by atoms with Gasteiger partial charge in [0.25, 0.3) is 18.3 Å². The molecule has 3 amide bonds.